The third-order valence-corrected chi connectivity index (χ3v) is 5.00. The number of nitrogens with one attached hydrogen (secondary N) is 1. The molecule has 1 aliphatic rings. The van der Waals surface area contributed by atoms with Crippen LogP contribution in [0.4, 0.5) is 0 Å². The van der Waals surface area contributed by atoms with Crippen molar-refractivity contribution in [3.05, 3.63) is 52.5 Å². The molecule has 1 fully saturated rings. The summed E-state index contributed by atoms with van der Waals surface area (Å²) in [6, 6.07) is 7.90. The van der Waals surface area contributed by atoms with Gasteiger partial charge in [0.25, 0.3) is 5.91 Å². The molecule has 116 valence electrons. The molecule has 0 aliphatic carbocycles. The average molecular weight is 315 g/mol. The minimum atomic E-state index is 0.0628. The minimum Gasteiger partial charge on any atom is -0.351 e. The number of amides is 1. The molecule has 0 spiro atoms. The minimum absolute atomic E-state index is 0.0628. The van der Waals surface area contributed by atoms with E-state index in [-0.39, 0.29) is 5.91 Å². The lowest BCUT2D eigenvalue weighted by molar-refractivity contribution is 0.0939. The lowest BCUT2D eigenvalue weighted by atomic mass is 9.96. The van der Waals surface area contributed by atoms with Crippen LogP contribution in [0.15, 0.2) is 42.0 Å². The lowest BCUT2D eigenvalue weighted by Crippen LogP contribution is -2.38. The SMILES string of the molecule is O=C(NCC1CCN(Cc2cccnc2)CC1)c1cccs1. The Labute approximate surface area is 135 Å². The Morgan fingerprint density at radius 2 is 2.18 bits per heavy atom. The molecule has 1 saturated heterocycles. The van der Waals surface area contributed by atoms with Crippen LogP contribution in [0, 0.1) is 5.92 Å². The number of hydrogen-bond acceptors (Lipinski definition) is 4. The van der Waals surface area contributed by atoms with Gasteiger partial charge in [-0.25, -0.2) is 0 Å². The van der Waals surface area contributed by atoms with Crippen LogP contribution >= 0.6 is 11.3 Å². The number of nitrogens with zero attached hydrogens (tertiary/aromatic N) is 2. The predicted octanol–water partition coefficient (Wildman–Crippen LogP) is 2.79. The molecule has 0 bridgehead atoms. The summed E-state index contributed by atoms with van der Waals surface area (Å²) >= 11 is 1.49. The van der Waals surface area contributed by atoms with Crippen LogP contribution in [0.3, 0.4) is 0 Å². The number of thiophene rings is 1. The fourth-order valence-electron chi connectivity index (χ4n) is 2.83. The quantitative estimate of drug-likeness (QED) is 0.923. The summed E-state index contributed by atoms with van der Waals surface area (Å²) in [6.45, 7) is 3.95. The Kier molecular flexibility index (Phi) is 5.19. The lowest BCUT2D eigenvalue weighted by Gasteiger charge is -2.31. The van der Waals surface area contributed by atoms with Crippen LogP contribution in [-0.2, 0) is 6.54 Å². The number of pyridine rings is 1. The zero-order valence-electron chi connectivity index (χ0n) is 12.6. The van der Waals surface area contributed by atoms with E-state index in [0.29, 0.717) is 5.92 Å². The molecule has 22 heavy (non-hydrogen) atoms. The molecular formula is C17H21N3OS. The first kappa shape index (κ1) is 15.2. The third-order valence-electron chi connectivity index (χ3n) is 4.13. The molecule has 3 rings (SSSR count). The molecule has 3 heterocycles. The summed E-state index contributed by atoms with van der Waals surface area (Å²) in [5.74, 6) is 0.654. The molecule has 5 heteroatoms. The molecule has 0 atom stereocenters. The molecule has 4 nitrogen and oxygen atoms in total. The van der Waals surface area contributed by atoms with Crippen molar-refractivity contribution in [2.24, 2.45) is 5.92 Å². The maximum absolute atomic E-state index is 11.9. The van der Waals surface area contributed by atoms with Gasteiger partial charge < -0.3 is 5.32 Å². The Hall–Kier alpha value is -1.72. The first-order valence-electron chi connectivity index (χ1n) is 7.74. The van der Waals surface area contributed by atoms with E-state index in [1.165, 1.54) is 16.9 Å². The van der Waals surface area contributed by atoms with Gasteiger partial charge in [0.05, 0.1) is 4.88 Å². The van der Waals surface area contributed by atoms with E-state index in [1.807, 2.05) is 36.0 Å². The zero-order chi connectivity index (χ0) is 15.2. The molecule has 0 aromatic carbocycles. The normalized spacial score (nSPS) is 16.5. The maximum Gasteiger partial charge on any atom is 0.261 e. The summed E-state index contributed by atoms with van der Waals surface area (Å²) in [5, 5.41) is 5.00. The van der Waals surface area contributed by atoms with Gasteiger partial charge in [-0.2, -0.15) is 0 Å². The highest BCUT2D eigenvalue weighted by Crippen LogP contribution is 2.18. The smallest absolute Gasteiger partial charge is 0.261 e. The molecule has 2 aromatic heterocycles. The van der Waals surface area contributed by atoms with Crippen LogP contribution in [0.2, 0.25) is 0 Å². The Bertz CT molecular complexity index is 577. The number of carbonyl (C=O) groups is 1. The van der Waals surface area contributed by atoms with Crippen LogP contribution in [-0.4, -0.2) is 35.4 Å². The first-order valence-corrected chi connectivity index (χ1v) is 8.62. The highest BCUT2D eigenvalue weighted by Gasteiger charge is 2.20. The van der Waals surface area contributed by atoms with Crippen LogP contribution < -0.4 is 5.32 Å². The number of rotatable bonds is 5. The van der Waals surface area contributed by atoms with Crippen molar-refractivity contribution >= 4 is 17.2 Å². The fourth-order valence-corrected chi connectivity index (χ4v) is 3.47. The number of likely N-dealkylation sites (tertiary alicyclic amines) is 1. The zero-order valence-corrected chi connectivity index (χ0v) is 13.4. The van der Waals surface area contributed by atoms with Crippen LogP contribution in [0.1, 0.15) is 28.1 Å². The molecule has 1 amide bonds. The van der Waals surface area contributed by atoms with Gasteiger partial charge in [-0.3, -0.25) is 14.7 Å². The summed E-state index contributed by atoms with van der Waals surface area (Å²) < 4.78 is 0. The van der Waals surface area contributed by atoms with Crippen molar-refractivity contribution in [2.75, 3.05) is 19.6 Å². The van der Waals surface area contributed by atoms with Crippen molar-refractivity contribution in [1.29, 1.82) is 0 Å². The molecule has 1 N–H and O–H groups in total. The average Bonchev–Trinajstić information content (AvgIpc) is 3.09. The fraction of sp³-hybridized carbons (Fsp3) is 0.412. The summed E-state index contributed by atoms with van der Waals surface area (Å²) in [7, 11) is 0. The van der Waals surface area contributed by atoms with Crippen LogP contribution in [0.25, 0.3) is 0 Å². The van der Waals surface area contributed by atoms with Gasteiger partial charge in [0.15, 0.2) is 0 Å². The summed E-state index contributed by atoms with van der Waals surface area (Å²) in [5.41, 5.74) is 1.27. The van der Waals surface area contributed by atoms with Gasteiger partial charge in [0.2, 0.25) is 0 Å². The monoisotopic (exact) mass is 315 g/mol. The van der Waals surface area contributed by atoms with Crippen molar-refractivity contribution in [2.45, 2.75) is 19.4 Å². The van der Waals surface area contributed by atoms with Crippen LogP contribution in [0.5, 0.6) is 0 Å². The topological polar surface area (TPSA) is 45.2 Å². The second kappa shape index (κ2) is 7.51. The largest absolute Gasteiger partial charge is 0.351 e. The van der Waals surface area contributed by atoms with Gasteiger partial charge in [-0.1, -0.05) is 12.1 Å². The second-order valence-electron chi connectivity index (χ2n) is 5.77. The van der Waals surface area contributed by atoms with E-state index in [0.717, 1.165) is 43.9 Å². The molecular weight excluding hydrogens is 294 g/mol. The van der Waals surface area contributed by atoms with Gasteiger partial charge in [0, 0.05) is 25.5 Å². The van der Waals surface area contributed by atoms with E-state index in [4.69, 9.17) is 0 Å². The van der Waals surface area contributed by atoms with E-state index >= 15 is 0 Å². The van der Waals surface area contributed by atoms with E-state index in [9.17, 15) is 4.79 Å². The number of hydrogen-bond donors (Lipinski definition) is 1. The van der Waals surface area contributed by atoms with Gasteiger partial charge in [-0.05, 0) is 54.9 Å². The molecule has 0 unspecified atom stereocenters. The molecule has 2 aromatic rings. The van der Waals surface area contributed by atoms with Crippen molar-refractivity contribution in [3.8, 4) is 0 Å². The van der Waals surface area contributed by atoms with Crippen molar-refractivity contribution in [1.82, 2.24) is 15.2 Å². The Balaban J connectivity index is 1.39. The second-order valence-corrected chi connectivity index (χ2v) is 6.72. The molecule has 0 radical (unpaired) electrons. The Morgan fingerprint density at radius 3 is 2.86 bits per heavy atom. The Morgan fingerprint density at radius 1 is 1.32 bits per heavy atom. The summed E-state index contributed by atoms with van der Waals surface area (Å²) in [6.07, 6.45) is 6.04. The van der Waals surface area contributed by atoms with Crippen molar-refractivity contribution < 1.29 is 4.79 Å². The van der Waals surface area contributed by atoms with Gasteiger partial charge in [0.1, 0.15) is 0 Å². The van der Waals surface area contributed by atoms with E-state index in [2.05, 4.69) is 21.3 Å². The number of aromatic nitrogens is 1. The highest BCUT2D eigenvalue weighted by molar-refractivity contribution is 7.12. The van der Waals surface area contributed by atoms with E-state index in [1.54, 1.807) is 0 Å². The van der Waals surface area contributed by atoms with Crippen molar-refractivity contribution in [3.63, 3.8) is 0 Å². The first-order chi connectivity index (χ1) is 10.8. The molecule has 0 saturated carbocycles. The van der Waals surface area contributed by atoms with Gasteiger partial charge in [-0.15, -0.1) is 11.3 Å². The van der Waals surface area contributed by atoms with Gasteiger partial charge >= 0.3 is 0 Å². The maximum atomic E-state index is 11.9. The van der Waals surface area contributed by atoms with E-state index < -0.39 is 0 Å². The summed E-state index contributed by atoms with van der Waals surface area (Å²) in [4.78, 5) is 19.4. The number of piperidine rings is 1. The molecule has 1 aliphatic heterocycles. The highest BCUT2D eigenvalue weighted by atomic mass is 32.1. The predicted molar refractivity (Wildman–Crippen MR) is 88.9 cm³/mol. The third kappa shape index (κ3) is 4.15. The standard InChI is InChI=1S/C17H21N3OS/c21-17(16-4-2-10-22-16)19-12-14-5-8-20(9-6-14)13-15-3-1-7-18-11-15/h1-4,7,10-11,14H,5-6,8-9,12-13H2,(H,19,21). The number of carbonyl (C=O) groups excluding carboxylic acids is 1.